The highest BCUT2D eigenvalue weighted by Crippen LogP contribution is 2.35. The number of halogens is 2. The van der Waals surface area contributed by atoms with Gasteiger partial charge in [0.15, 0.2) is 11.7 Å². The highest BCUT2D eigenvalue weighted by atomic mass is 35.5. The average Bonchev–Trinajstić information content (AvgIpc) is 2.66. The molecule has 2 heterocycles. The van der Waals surface area contributed by atoms with Crippen LogP contribution in [0.1, 0.15) is 24.2 Å². The Kier molecular flexibility index (Phi) is 5.66. The van der Waals surface area contributed by atoms with Crippen LogP contribution in [0.2, 0.25) is 5.02 Å². The number of benzene rings is 1. The number of allylic oxidation sites excluding steroid dienone is 1. The van der Waals surface area contributed by atoms with Crippen molar-refractivity contribution in [1.82, 2.24) is 10.3 Å². The largest absolute Gasteiger partial charge is 0.458 e. The molecule has 0 fully saturated rings. The van der Waals surface area contributed by atoms with Crippen molar-refractivity contribution in [3.05, 3.63) is 88.6 Å². The fourth-order valence-corrected chi connectivity index (χ4v) is 2.99. The molecular formula is C20H17ClFN3O2. The van der Waals surface area contributed by atoms with Crippen molar-refractivity contribution < 1.29 is 13.9 Å². The van der Waals surface area contributed by atoms with Crippen LogP contribution in [0.25, 0.3) is 0 Å². The summed E-state index contributed by atoms with van der Waals surface area (Å²) in [5.74, 6) is -0.850. The number of rotatable bonds is 5. The van der Waals surface area contributed by atoms with Crippen LogP contribution in [0.3, 0.4) is 0 Å². The molecule has 0 radical (unpaired) electrons. The van der Waals surface area contributed by atoms with E-state index in [1.807, 2.05) is 0 Å². The Hall–Kier alpha value is -2.99. The second-order valence-corrected chi connectivity index (χ2v) is 6.19. The first kappa shape index (κ1) is 18.8. The Morgan fingerprint density at radius 2 is 2.15 bits per heavy atom. The van der Waals surface area contributed by atoms with Gasteiger partial charge in [-0.15, -0.1) is 0 Å². The minimum atomic E-state index is -0.756. The Balaban J connectivity index is 2.11. The number of amidine groups is 1. The van der Waals surface area contributed by atoms with Crippen LogP contribution >= 0.6 is 11.6 Å². The first-order chi connectivity index (χ1) is 13.0. The van der Waals surface area contributed by atoms with Crippen LogP contribution < -0.4 is 5.32 Å². The van der Waals surface area contributed by atoms with Crippen molar-refractivity contribution in [1.29, 1.82) is 0 Å². The summed E-state index contributed by atoms with van der Waals surface area (Å²) in [7, 11) is 0. The van der Waals surface area contributed by atoms with Gasteiger partial charge in [0.05, 0.1) is 5.57 Å². The van der Waals surface area contributed by atoms with Gasteiger partial charge in [0.25, 0.3) is 0 Å². The maximum Gasteiger partial charge on any atom is 0.338 e. The van der Waals surface area contributed by atoms with Crippen molar-refractivity contribution in [3.8, 4) is 0 Å². The van der Waals surface area contributed by atoms with Gasteiger partial charge in [-0.1, -0.05) is 42.5 Å². The average molecular weight is 386 g/mol. The smallest absolute Gasteiger partial charge is 0.338 e. The molecule has 0 bridgehead atoms. The lowest BCUT2D eigenvalue weighted by molar-refractivity contribution is -0.138. The van der Waals surface area contributed by atoms with Crippen molar-refractivity contribution in [2.45, 2.75) is 13.0 Å². The molecule has 1 aromatic heterocycles. The maximum absolute atomic E-state index is 14.2. The molecule has 1 N–H and O–H groups in total. The number of ether oxygens (including phenoxy) is 1. The molecule has 7 heteroatoms. The summed E-state index contributed by atoms with van der Waals surface area (Å²) in [4.78, 5) is 21.2. The van der Waals surface area contributed by atoms with Gasteiger partial charge in [0, 0.05) is 22.5 Å². The lowest BCUT2D eigenvalue weighted by Crippen LogP contribution is -2.34. The Labute approximate surface area is 161 Å². The molecule has 3 rings (SSSR count). The van der Waals surface area contributed by atoms with Crippen LogP contribution in [-0.2, 0) is 9.53 Å². The molecule has 27 heavy (non-hydrogen) atoms. The SMILES string of the molecule is C=CCOC(=O)C1=C(C)NC(c2ncccc2F)=NC1c1ccccc1Cl. The minimum absolute atomic E-state index is 0.0624. The van der Waals surface area contributed by atoms with E-state index < -0.39 is 17.8 Å². The zero-order chi connectivity index (χ0) is 19.4. The second kappa shape index (κ2) is 8.14. The highest BCUT2D eigenvalue weighted by Gasteiger charge is 2.32. The first-order valence-corrected chi connectivity index (χ1v) is 8.59. The number of hydrogen-bond donors (Lipinski definition) is 1. The van der Waals surface area contributed by atoms with Crippen molar-refractivity contribution in [3.63, 3.8) is 0 Å². The summed E-state index contributed by atoms with van der Waals surface area (Å²) >= 11 is 6.33. The molecule has 1 atom stereocenters. The van der Waals surface area contributed by atoms with Crippen LogP contribution in [0.15, 0.2) is 71.5 Å². The number of esters is 1. The predicted octanol–water partition coefficient (Wildman–Crippen LogP) is 3.97. The summed E-state index contributed by atoms with van der Waals surface area (Å²) in [6.07, 6.45) is 2.95. The van der Waals surface area contributed by atoms with E-state index in [-0.39, 0.29) is 18.1 Å². The monoisotopic (exact) mass is 385 g/mol. The fraction of sp³-hybridized carbons (Fsp3) is 0.150. The van der Waals surface area contributed by atoms with E-state index in [4.69, 9.17) is 16.3 Å². The van der Waals surface area contributed by atoms with Crippen molar-refractivity contribution >= 4 is 23.4 Å². The van der Waals surface area contributed by atoms with Crippen LogP contribution in [0.4, 0.5) is 4.39 Å². The lowest BCUT2D eigenvalue weighted by atomic mass is 9.95. The normalized spacial score (nSPS) is 16.4. The van der Waals surface area contributed by atoms with Gasteiger partial charge < -0.3 is 10.1 Å². The number of nitrogens with zero attached hydrogens (tertiary/aromatic N) is 2. The number of pyridine rings is 1. The third-order valence-electron chi connectivity index (χ3n) is 3.98. The maximum atomic E-state index is 14.2. The molecule has 0 saturated heterocycles. The standard InChI is InChI=1S/C20H17ClFN3O2/c1-3-11-27-20(26)16-12(2)24-19(18-15(22)9-6-10-23-18)25-17(16)13-7-4-5-8-14(13)21/h3-10,17H,1,11H2,2H3,(H,24,25). The van der Waals surface area contributed by atoms with Gasteiger partial charge in [0.1, 0.15) is 18.3 Å². The number of aromatic nitrogens is 1. The predicted molar refractivity (Wildman–Crippen MR) is 102 cm³/mol. The van der Waals surface area contributed by atoms with Gasteiger partial charge in [-0.05, 0) is 25.1 Å². The molecule has 1 aliphatic rings. The summed E-state index contributed by atoms with van der Waals surface area (Å²) < 4.78 is 19.4. The summed E-state index contributed by atoms with van der Waals surface area (Å²) in [5, 5.41) is 3.40. The Morgan fingerprint density at radius 3 is 2.85 bits per heavy atom. The lowest BCUT2D eigenvalue weighted by Gasteiger charge is -2.26. The van der Waals surface area contributed by atoms with E-state index in [2.05, 4.69) is 21.9 Å². The molecule has 1 unspecified atom stereocenters. The summed E-state index contributed by atoms with van der Waals surface area (Å²) in [6.45, 7) is 5.31. The molecule has 2 aromatic rings. The van der Waals surface area contributed by atoms with Gasteiger partial charge in [-0.3, -0.25) is 4.99 Å². The van der Waals surface area contributed by atoms with Gasteiger partial charge >= 0.3 is 5.97 Å². The highest BCUT2D eigenvalue weighted by molar-refractivity contribution is 6.31. The molecule has 5 nitrogen and oxygen atoms in total. The number of hydrogen-bond acceptors (Lipinski definition) is 5. The Morgan fingerprint density at radius 1 is 1.37 bits per heavy atom. The summed E-state index contributed by atoms with van der Waals surface area (Å²) in [5.41, 5.74) is 1.46. The zero-order valence-electron chi connectivity index (χ0n) is 14.6. The molecule has 1 aromatic carbocycles. The molecule has 0 aliphatic carbocycles. The molecule has 138 valence electrons. The molecule has 0 saturated carbocycles. The number of aliphatic imine (C=N–C) groups is 1. The van der Waals surface area contributed by atoms with E-state index in [0.29, 0.717) is 21.9 Å². The van der Waals surface area contributed by atoms with E-state index >= 15 is 0 Å². The number of carbonyl (C=O) groups excluding carboxylic acids is 1. The van der Waals surface area contributed by atoms with Gasteiger partial charge in [-0.25, -0.2) is 14.2 Å². The van der Waals surface area contributed by atoms with E-state index in [0.717, 1.165) is 0 Å². The first-order valence-electron chi connectivity index (χ1n) is 8.22. The summed E-state index contributed by atoms with van der Waals surface area (Å²) in [6, 6.07) is 9.08. The van der Waals surface area contributed by atoms with E-state index in [1.165, 1.54) is 24.4 Å². The fourth-order valence-electron chi connectivity index (χ4n) is 2.76. The van der Waals surface area contributed by atoms with Crippen molar-refractivity contribution in [2.75, 3.05) is 6.61 Å². The van der Waals surface area contributed by atoms with Crippen LogP contribution in [0.5, 0.6) is 0 Å². The third kappa shape index (κ3) is 3.90. The number of carbonyl (C=O) groups is 1. The number of nitrogens with one attached hydrogen (secondary N) is 1. The Bertz CT molecular complexity index is 956. The van der Waals surface area contributed by atoms with Gasteiger partial charge in [0.2, 0.25) is 0 Å². The van der Waals surface area contributed by atoms with Gasteiger partial charge in [-0.2, -0.15) is 0 Å². The topological polar surface area (TPSA) is 63.6 Å². The van der Waals surface area contributed by atoms with Crippen molar-refractivity contribution in [2.24, 2.45) is 4.99 Å². The minimum Gasteiger partial charge on any atom is -0.458 e. The van der Waals surface area contributed by atoms with E-state index in [9.17, 15) is 9.18 Å². The zero-order valence-corrected chi connectivity index (χ0v) is 15.3. The van der Waals surface area contributed by atoms with E-state index in [1.54, 1.807) is 31.2 Å². The third-order valence-corrected chi connectivity index (χ3v) is 4.32. The quantitative estimate of drug-likeness (QED) is 0.625. The molecule has 0 amide bonds. The van der Waals surface area contributed by atoms with Crippen LogP contribution in [0, 0.1) is 5.82 Å². The molecule has 0 spiro atoms. The molecular weight excluding hydrogens is 369 g/mol. The second-order valence-electron chi connectivity index (χ2n) is 5.79. The molecule has 1 aliphatic heterocycles. The van der Waals surface area contributed by atoms with Crippen LogP contribution in [-0.4, -0.2) is 23.4 Å².